The van der Waals surface area contributed by atoms with E-state index >= 15 is 0 Å². The van der Waals surface area contributed by atoms with Gasteiger partial charge in [-0.25, -0.2) is 23.5 Å². The molecule has 0 saturated carbocycles. The van der Waals surface area contributed by atoms with E-state index < -0.39 is 10.0 Å². The van der Waals surface area contributed by atoms with Crippen molar-refractivity contribution in [1.82, 2.24) is 9.97 Å². The molecule has 148 valence electrons. The number of nitrogens with two attached hydrogens (primary N) is 1. The number of hydrogen-bond donors (Lipinski definition) is 2. The van der Waals surface area contributed by atoms with Gasteiger partial charge in [0, 0.05) is 11.4 Å². The number of fused-ring (bicyclic) bond motifs is 1. The maximum absolute atomic E-state index is 11.4. The highest BCUT2D eigenvalue weighted by Crippen LogP contribution is 2.36. The summed E-state index contributed by atoms with van der Waals surface area (Å²) < 4.78 is 28.9. The number of nitrogens with one attached hydrogen (secondary N) is 1. The van der Waals surface area contributed by atoms with Gasteiger partial charge in [0.1, 0.15) is 17.9 Å². The lowest BCUT2D eigenvalue weighted by atomic mass is 10.2. The number of primary sulfonamides is 1. The van der Waals surface area contributed by atoms with Gasteiger partial charge in [0.2, 0.25) is 10.0 Å². The maximum Gasteiger partial charge on any atom is 0.238 e. The summed E-state index contributed by atoms with van der Waals surface area (Å²) in [6.07, 6.45) is 1.53. The first-order valence-corrected chi connectivity index (χ1v) is 11.0. The Morgan fingerprint density at radius 1 is 1.07 bits per heavy atom. The molecule has 0 saturated heterocycles. The Morgan fingerprint density at radius 3 is 2.45 bits per heavy atom. The zero-order valence-corrected chi connectivity index (χ0v) is 17.1. The SMILES string of the molecule is COc1ccc(-c2cc3ncnc(NCc4ccc(S(N)(=O)=O)cc4)c3s2)cc1. The minimum absolute atomic E-state index is 0.0908. The van der Waals surface area contributed by atoms with Crippen LogP contribution in [0.1, 0.15) is 5.56 Å². The number of hydrogen-bond acceptors (Lipinski definition) is 7. The fourth-order valence-corrected chi connectivity index (χ4v) is 4.46. The Labute approximate surface area is 172 Å². The lowest BCUT2D eigenvalue weighted by Gasteiger charge is -2.07. The first kappa shape index (κ1) is 19.3. The molecular weight excluding hydrogens is 408 g/mol. The number of aromatic nitrogens is 2. The van der Waals surface area contributed by atoms with Gasteiger partial charge < -0.3 is 10.1 Å². The molecule has 0 aliphatic heterocycles. The molecule has 0 spiro atoms. The Hall–Kier alpha value is -3.01. The third kappa shape index (κ3) is 4.21. The van der Waals surface area contributed by atoms with Crippen molar-refractivity contribution in [3.05, 3.63) is 66.5 Å². The lowest BCUT2D eigenvalue weighted by Crippen LogP contribution is -2.12. The van der Waals surface area contributed by atoms with E-state index in [0.29, 0.717) is 6.54 Å². The first-order chi connectivity index (χ1) is 13.9. The minimum atomic E-state index is -3.69. The number of rotatable bonds is 6. The van der Waals surface area contributed by atoms with Crippen molar-refractivity contribution < 1.29 is 13.2 Å². The highest BCUT2D eigenvalue weighted by Gasteiger charge is 2.11. The van der Waals surface area contributed by atoms with Crippen LogP contribution in [-0.4, -0.2) is 25.5 Å². The van der Waals surface area contributed by atoms with E-state index in [0.717, 1.165) is 37.8 Å². The molecule has 0 atom stereocenters. The van der Waals surface area contributed by atoms with Gasteiger partial charge in [0.25, 0.3) is 0 Å². The number of anilines is 1. The van der Waals surface area contributed by atoms with Crippen LogP contribution in [0.3, 0.4) is 0 Å². The summed E-state index contributed by atoms with van der Waals surface area (Å²) in [4.78, 5) is 9.91. The summed E-state index contributed by atoms with van der Waals surface area (Å²) in [6.45, 7) is 0.493. The van der Waals surface area contributed by atoms with E-state index in [2.05, 4.69) is 15.3 Å². The van der Waals surface area contributed by atoms with Gasteiger partial charge in [-0.05, 0) is 53.6 Å². The highest BCUT2D eigenvalue weighted by atomic mass is 32.2. The molecule has 2 heterocycles. The summed E-state index contributed by atoms with van der Waals surface area (Å²) >= 11 is 1.61. The highest BCUT2D eigenvalue weighted by molar-refractivity contribution is 7.89. The fourth-order valence-electron chi connectivity index (χ4n) is 2.86. The molecule has 2 aromatic heterocycles. The van der Waals surface area contributed by atoms with E-state index in [1.807, 2.05) is 30.3 Å². The molecule has 0 aliphatic carbocycles. The van der Waals surface area contributed by atoms with E-state index in [9.17, 15) is 8.42 Å². The second kappa shape index (κ2) is 7.78. The van der Waals surface area contributed by atoms with Crippen molar-refractivity contribution in [2.45, 2.75) is 11.4 Å². The van der Waals surface area contributed by atoms with Gasteiger partial charge in [-0.15, -0.1) is 11.3 Å². The van der Waals surface area contributed by atoms with E-state index in [1.165, 1.54) is 18.5 Å². The summed E-state index contributed by atoms with van der Waals surface area (Å²) in [5.74, 6) is 1.54. The standard InChI is InChI=1S/C20H18N4O3S2/c1-27-15-6-4-14(5-7-15)18-10-17-19(28-18)20(24-12-23-17)22-11-13-2-8-16(9-3-13)29(21,25)26/h2-10,12H,11H2,1H3,(H2,21,25,26)(H,22,23,24). The van der Waals surface area contributed by atoms with Crippen molar-refractivity contribution in [1.29, 1.82) is 0 Å². The molecular formula is C20H18N4O3S2. The lowest BCUT2D eigenvalue weighted by molar-refractivity contribution is 0.415. The number of sulfonamides is 1. The number of benzene rings is 2. The van der Waals surface area contributed by atoms with Crippen LogP contribution in [0.2, 0.25) is 0 Å². The van der Waals surface area contributed by atoms with Crippen molar-refractivity contribution in [2.24, 2.45) is 5.14 Å². The molecule has 0 unspecified atom stereocenters. The van der Waals surface area contributed by atoms with E-state index in [-0.39, 0.29) is 4.90 Å². The monoisotopic (exact) mass is 426 g/mol. The summed E-state index contributed by atoms with van der Waals surface area (Å²) in [5.41, 5.74) is 2.86. The van der Waals surface area contributed by atoms with Crippen LogP contribution in [0.4, 0.5) is 5.82 Å². The first-order valence-electron chi connectivity index (χ1n) is 8.68. The van der Waals surface area contributed by atoms with E-state index in [4.69, 9.17) is 9.88 Å². The van der Waals surface area contributed by atoms with Gasteiger partial charge in [0.15, 0.2) is 0 Å². The number of methoxy groups -OCH3 is 1. The van der Waals surface area contributed by atoms with Crippen LogP contribution < -0.4 is 15.2 Å². The van der Waals surface area contributed by atoms with Crippen LogP contribution in [-0.2, 0) is 16.6 Å². The molecule has 0 radical (unpaired) electrons. The summed E-state index contributed by atoms with van der Waals surface area (Å²) in [6, 6.07) is 16.4. The number of nitrogens with zero attached hydrogens (tertiary/aromatic N) is 2. The summed E-state index contributed by atoms with van der Waals surface area (Å²) in [5, 5.41) is 8.44. The Kier molecular flexibility index (Phi) is 5.18. The Balaban J connectivity index is 1.57. The third-order valence-corrected chi connectivity index (χ3v) is 6.51. The molecule has 0 aliphatic rings. The predicted octanol–water partition coefficient (Wildman–Crippen LogP) is 3.63. The van der Waals surface area contributed by atoms with Crippen LogP contribution in [0, 0.1) is 0 Å². The molecule has 9 heteroatoms. The molecule has 4 aromatic rings. The normalized spacial score (nSPS) is 11.5. The molecule has 3 N–H and O–H groups in total. The fraction of sp³-hybridized carbons (Fsp3) is 0.100. The van der Waals surface area contributed by atoms with Gasteiger partial charge in [-0.1, -0.05) is 12.1 Å². The van der Waals surface area contributed by atoms with Gasteiger partial charge in [0.05, 0.1) is 22.2 Å². The van der Waals surface area contributed by atoms with Crippen LogP contribution in [0.25, 0.3) is 20.7 Å². The average molecular weight is 427 g/mol. The zero-order chi connectivity index (χ0) is 20.4. The topological polar surface area (TPSA) is 107 Å². The van der Waals surface area contributed by atoms with Crippen molar-refractivity contribution in [2.75, 3.05) is 12.4 Å². The smallest absolute Gasteiger partial charge is 0.238 e. The Bertz CT molecular complexity index is 1250. The van der Waals surface area contributed by atoms with Gasteiger partial charge in [-0.2, -0.15) is 0 Å². The molecule has 0 bridgehead atoms. The minimum Gasteiger partial charge on any atom is -0.497 e. The predicted molar refractivity (Wildman–Crippen MR) is 115 cm³/mol. The number of thiophene rings is 1. The average Bonchev–Trinajstić information content (AvgIpc) is 3.17. The maximum atomic E-state index is 11.4. The van der Waals surface area contributed by atoms with Crippen molar-refractivity contribution >= 4 is 37.4 Å². The Morgan fingerprint density at radius 2 is 1.79 bits per heavy atom. The molecule has 7 nitrogen and oxygen atoms in total. The zero-order valence-electron chi connectivity index (χ0n) is 15.5. The van der Waals surface area contributed by atoms with Crippen LogP contribution in [0.15, 0.2) is 65.8 Å². The van der Waals surface area contributed by atoms with Crippen LogP contribution in [0.5, 0.6) is 5.75 Å². The van der Waals surface area contributed by atoms with Crippen molar-refractivity contribution in [3.8, 4) is 16.2 Å². The molecule has 4 rings (SSSR count). The third-order valence-electron chi connectivity index (χ3n) is 4.40. The van der Waals surface area contributed by atoms with Gasteiger partial charge >= 0.3 is 0 Å². The summed E-state index contributed by atoms with van der Waals surface area (Å²) in [7, 11) is -2.05. The molecule has 0 amide bonds. The quantitative estimate of drug-likeness (QED) is 0.488. The molecule has 2 aromatic carbocycles. The van der Waals surface area contributed by atoms with E-state index in [1.54, 1.807) is 30.6 Å². The van der Waals surface area contributed by atoms with Crippen molar-refractivity contribution in [3.63, 3.8) is 0 Å². The van der Waals surface area contributed by atoms with Gasteiger partial charge in [-0.3, -0.25) is 0 Å². The van der Waals surface area contributed by atoms with Crippen LogP contribution >= 0.6 is 11.3 Å². The molecule has 29 heavy (non-hydrogen) atoms. The second-order valence-electron chi connectivity index (χ2n) is 6.32. The number of ether oxygens (including phenoxy) is 1. The second-order valence-corrected chi connectivity index (χ2v) is 8.93. The largest absolute Gasteiger partial charge is 0.497 e. The molecule has 0 fully saturated rings.